The van der Waals surface area contributed by atoms with Crippen molar-refractivity contribution in [2.75, 3.05) is 19.6 Å². The number of carbonyl (C=O) groups is 1. The molecule has 100 valence electrons. The molecule has 4 nitrogen and oxygen atoms in total. The lowest BCUT2D eigenvalue weighted by Crippen LogP contribution is -2.46. The fourth-order valence-corrected chi connectivity index (χ4v) is 1.97. The van der Waals surface area contributed by atoms with E-state index in [0.29, 0.717) is 6.54 Å². The van der Waals surface area contributed by atoms with E-state index in [4.69, 9.17) is 4.74 Å². The molecule has 0 aromatic rings. The van der Waals surface area contributed by atoms with Crippen LogP contribution >= 0.6 is 0 Å². The predicted octanol–water partition coefficient (Wildman–Crippen LogP) is 2.15. The Hall–Kier alpha value is -0.770. The summed E-state index contributed by atoms with van der Waals surface area (Å²) in [5, 5.41) is 6.12. The highest BCUT2D eigenvalue weighted by molar-refractivity contribution is 5.67. The largest absolute Gasteiger partial charge is 0.444 e. The van der Waals surface area contributed by atoms with Gasteiger partial charge >= 0.3 is 6.09 Å². The SMILES string of the molecule is CC(C)(CNC(=O)OC(C)(C)C)CC1CNC1. The molecule has 0 aromatic carbocycles. The van der Waals surface area contributed by atoms with E-state index < -0.39 is 5.60 Å². The number of hydrogen-bond acceptors (Lipinski definition) is 3. The zero-order valence-electron chi connectivity index (χ0n) is 11.7. The van der Waals surface area contributed by atoms with Gasteiger partial charge in [-0.2, -0.15) is 0 Å². The summed E-state index contributed by atoms with van der Waals surface area (Å²) >= 11 is 0. The highest BCUT2D eigenvalue weighted by Gasteiger charge is 2.28. The Morgan fingerprint density at radius 3 is 2.29 bits per heavy atom. The molecule has 1 saturated heterocycles. The van der Waals surface area contributed by atoms with Gasteiger partial charge in [0.1, 0.15) is 5.60 Å². The first-order valence-corrected chi connectivity index (χ1v) is 6.35. The summed E-state index contributed by atoms with van der Waals surface area (Å²) in [6.45, 7) is 12.9. The molecule has 0 spiro atoms. The summed E-state index contributed by atoms with van der Waals surface area (Å²) in [7, 11) is 0. The molecular formula is C13H26N2O2. The molecule has 2 N–H and O–H groups in total. The molecular weight excluding hydrogens is 216 g/mol. The van der Waals surface area contributed by atoms with Gasteiger partial charge in [0.15, 0.2) is 0 Å². The number of ether oxygens (including phenoxy) is 1. The van der Waals surface area contributed by atoms with Gasteiger partial charge in [0.2, 0.25) is 0 Å². The van der Waals surface area contributed by atoms with Crippen LogP contribution in [-0.4, -0.2) is 31.3 Å². The molecule has 0 radical (unpaired) electrons. The second kappa shape index (κ2) is 5.25. The molecule has 1 aliphatic rings. The zero-order chi connectivity index (χ0) is 13.1. The summed E-state index contributed by atoms with van der Waals surface area (Å²) in [5.74, 6) is 0.755. The summed E-state index contributed by atoms with van der Waals surface area (Å²) in [4.78, 5) is 11.5. The average Bonchev–Trinajstić information content (AvgIpc) is 2.06. The highest BCUT2D eigenvalue weighted by Crippen LogP contribution is 2.26. The van der Waals surface area contributed by atoms with E-state index in [-0.39, 0.29) is 11.5 Å². The van der Waals surface area contributed by atoms with Crippen LogP contribution in [0.2, 0.25) is 0 Å². The third-order valence-electron chi connectivity index (χ3n) is 2.82. The Labute approximate surface area is 104 Å². The van der Waals surface area contributed by atoms with Crippen molar-refractivity contribution in [1.82, 2.24) is 10.6 Å². The van der Waals surface area contributed by atoms with E-state index in [9.17, 15) is 4.79 Å². The summed E-state index contributed by atoms with van der Waals surface area (Å²) in [5.41, 5.74) is -0.296. The fraction of sp³-hybridized carbons (Fsp3) is 0.923. The molecule has 1 aliphatic heterocycles. The monoisotopic (exact) mass is 242 g/mol. The number of alkyl carbamates (subject to hydrolysis) is 1. The van der Waals surface area contributed by atoms with E-state index in [2.05, 4.69) is 24.5 Å². The van der Waals surface area contributed by atoms with Gasteiger partial charge in [-0.25, -0.2) is 4.79 Å². The average molecular weight is 242 g/mol. The Kier molecular flexibility index (Phi) is 4.42. The van der Waals surface area contributed by atoms with Crippen LogP contribution in [0.1, 0.15) is 41.0 Å². The molecule has 1 heterocycles. The summed E-state index contributed by atoms with van der Waals surface area (Å²) in [6.07, 6.45) is 0.813. The van der Waals surface area contributed by atoms with Gasteiger partial charge in [0.05, 0.1) is 0 Å². The maximum atomic E-state index is 11.5. The Morgan fingerprint density at radius 2 is 1.88 bits per heavy atom. The second-order valence-electron chi connectivity index (χ2n) is 6.75. The Balaban J connectivity index is 2.25. The molecule has 17 heavy (non-hydrogen) atoms. The van der Waals surface area contributed by atoms with Gasteiger partial charge in [-0.1, -0.05) is 13.8 Å². The van der Waals surface area contributed by atoms with Crippen LogP contribution in [0.15, 0.2) is 0 Å². The molecule has 0 aromatic heterocycles. The molecule has 0 aliphatic carbocycles. The minimum absolute atomic E-state index is 0.129. The number of carbonyl (C=O) groups excluding carboxylic acids is 1. The maximum Gasteiger partial charge on any atom is 0.407 e. The molecule has 1 amide bonds. The minimum Gasteiger partial charge on any atom is -0.444 e. The molecule has 0 unspecified atom stereocenters. The molecule has 0 atom stereocenters. The zero-order valence-corrected chi connectivity index (χ0v) is 11.7. The van der Waals surface area contributed by atoms with Crippen LogP contribution in [0.25, 0.3) is 0 Å². The van der Waals surface area contributed by atoms with E-state index in [1.807, 2.05) is 20.8 Å². The van der Waals surface area contributed by atoms with Gasteiger partial charge in [0.25, 0.3) is 0 Å². The lowest BCUT2D eigenvalue weighted by Gasteiger charge is -2.35. The van der Waals surface area contributed by atoms with Crippen molar-refractivity contribution < 1.29 is 9.53 Å². The van der Waals surface area contributed by atoms with E-state index >= 15 is 0 Å². The number of nitrogens with one attached hydrogen (secondary N) is 2. The molecule has 1 rings (SSSR count). The summed E-state index contributed by atoms with van der Waals surface area (Å²) in [6, 6.07) is 0. The first kappa shape index (κ1) is 14.3. The standard InChI is InChI=1S/C13H26N2O2/c1-12(2,3)17-11(16)15-9-13(4,5)6-10-7-14-8-10/h10,14H,6-9H2,1-5H3,(H,15,16). The lowest BCUT2D eigenvalue weighted by molar-refractivity contribution is 0.0497. The van der Waals surface area contributed by atoms with E-state index in [1.54, 1.807) is 0 Å². The van der Waals surface area contributed by atoms with Crippen molar-refractivity contribution in [3.8, 4) is 0 Å². The predicted molar refractivity (Wildman–Crippen MR) is 69.0 cm³/mol. The van der Waals surface area contributed by atoms with Gasteiger partial charge < -0.3 is 15.4 Å². The molecule has 1 fully saturated rings. The van der Waals surface area contributed by atoms with Crippen molar-refractivity contribution in [2.24, 2.45) is 11.3 Å². The Morgan fingerprint density at radius 1 is 1.29 bits per heavy atom. The maximum absolute atomic E-state index is 11.5. The van der Waals surface area contributed by atoms with Gasteiger partial charge in [-0.15, -0.1) is 0 Å². The van der Waals surface area contributed by atoms with Crippen LogP contribution < -0.4 is 10.6 Å². The van der Waals surface area contributed by atoms with Crippen molar-refractivity contribution in [3.05, 3.63) is 0 Å². The summed E-state index contributed by atoms with van der Waals surface area (Å²) < 4.78 is 5.22. The van der Waals surface area contributed by atoms with Crippen LogP contribution in [0.5, 0.6) is 0 Å². The second-order valence-corrected chi connectivity index (χ2v) is 6.75. The highest BCUT2D eigenvalue weighted by atomic mass is 16.6. The topological polar surface area (TPSA) is 50.4 Å². The quantitative estimate of drug-likeness (QED) is 0.794. The lowest BCUT2D eigenvalue weighted by atomic mass is 9.80. The van der Waals surface area contributed by atoms with Gasteiger partial charge in [-0.3, -0.25) is 0 Å². The van der Waals surface area contributed by atoms with Crippen molar-refractivity contribution >= 4 is 6.09 Å². The molecule has 0 bridgehead atoms. The minimum atomic E-state index is -0.424. The third kappa shape index (κ3) is 5.91. The Bertz CT molecular complexity index is 265. The molecule has 4 heteroatoms. The number of hydrogen-bond donors (Lipinski definition) is 2. The van der Waals surface area contributed by atoms with Crippen molar-refractivity contribution in [2.45, 2.75) is 46.6 Å². The van der Waals surface area contributed by atoms with Crippen molar-refractivity contribution in [1.29, 1.82) is 0 Å². The van der Waals surface area contributed by atoms with Crippen LogP contribution in [0, 0.1) is 11.3 Å². The van der Waals surface area contributed by atoms with Crippen molar-refractivity contribution in [3.63, 3.8) is 0 Å². The molecule has 0 saturated carbocycles. The van der Waals surface area contributed by atoms with Gasteiger partial charge in [0, 0.05) is 6.54 Å². The fourth-order valence-electron chi connectivity index (χ4n) is 1.97. The van der Waals surface area contributed by atoms with Crippen LogP contribution in [0.3, 0.4) is 0 Å². The first-order chi connectivity index (χ1) is 7.68. The van der Waals surface area contributed by atoms with Crippen LogP contribution in [-0.2, 0) is 4.74 Å². The van der Waals surface area contributed by atoms with E-state index in [1.165, 1.54) is 0 Å². The normalized spacial score (nSPS) is 17.5. The first-order valence-electron chi connectivity index (χ1n) is 6.35. The van der Waals surface area contributed by atoms with Gasteiger partial charge in [-0.05, 0) is 51.6 Å². The van der Waals surface area contributed by atoms with Crippen LogP contribution in [0.4, 0.5) is 4.79 Å². The number of rotatable bonds is 4. The smallest absolute Gasteiger partial charge is 0.407 e. The third-order valence-corrected chi connectivity index (χ3v) is 2.82. The number of amides is 1. The van der Waals surface area contributed by atoms with E-state index in [0.717, 1.165) is 25.4 Å².